The van der Waals surface area contributed by atoms with Crippen LogP contribution in [0.3, 0.4) is 0 Å². The van der Waals surface area contributed by atoms with Crippen molar-refractivity contribution < 1.29 is 4.79 Å². The Hall–Kier alpha value is -2.98. The Morgan fingerprint density at radius 1 is 1.34 bits per heavy atom. The van der Waals surface area contributed by atoms with Gasteiger partial charge in [-0.25, -0.2) is 9.20 Å². The van der Waals surface area contributed by atoms with Crippen LogP contribution in [0.15, 0.2) is 24.4 Å². The van der Waals surface area contributed by atoms with Crippen LogP contribution in [0, 0.1) is 11.8 Å². The van der Waals surface area contributed by atoms with Gasteiger partial charge in [0.1, 0.15) is 22.2 Å². The summed E-state index contributed by atoms with van der Waals surface area (Å²) in [5.74, 6) is 6.27. The Morgan fingerprint density at radius 2 is 2.07 bits per heavy atom. The van der Waals surface area contributed by atoms with Crippen molar-refractivity contribution in [1.82, 2.24) is 24.7 Å². The molecule has 3 aromatic rings. The molecule has 0 saturated carbocycles. The van der Waals surface area contributed by atoms with Crippen molar-refractivity contribution in [1.29, 1.82) is 0 Å². The maximum Gasteiger partial charge on any atom is 0.257 e. The second kappa shape index (κ2) is 7.80. The molecule has 8 heteroatoms. The number of aromatic nitrogens is 4. The van der Waals surface area contributed by atoms with Crippen LogP contribution in [0.1, 0.15) is 62.2 Å². The van der Waals surface area contributed by atoms with Crippen LogP contribution < -0.4 is 11.1 Å². The summed E-state index contributed by atoms with van der Waals surface area (Å²) >= 11 is 6.24. The van der Waals surface area contributed by atoms with Crippen LogP contribution >= 0.6 is 11.6 Å². The van der Waals surface area contributed by atoms with E-state index in [1.54, 1.807) is 15.3 Å². The number of nitrogen functional groups attached to an aromatic ring is 1. The van der Waals surface area contributed by atoms with Gasteiger partial charge in [-0.1, -0.05) is 37.4 Å². The zero-order chi connectivity index (χ0) is 21.3. The van der Waals surface area contributed by atoms with Crippen molar-refractivity contribution >= 4 is 28.8 Å². The molecule has 3 N–H and O–H groups in total. The Morgan fingerprint density at radius 3 is 2.69 bits per heavy atom. The lowest BCUT2D eigenvalue weighted by atomic mass is 10.0. The highest BCUT2D eigenvalue weighted by atomic mass is 35.5. The minimum absolute atomic E-state index is 0.165. The number of hydrogen-bond acceptors (Lipinski definition) is 4. The summed E-state index contributed by atoms with van der Waals surface area (Å²) < 4.78 is 3.31. The minimum atomic E-state index is -0.311. The van der Waals surface area contributed by atoms with Crippen molar-refractivity contribution in [2.24, 2.45) is 0 Å². The predicted octanol–water partition coefficient (Wildman–Crippen LogP) is 3.43. The summed E-state index contributed by atoms with van der Waals surface area (Å²) in [5, 5.41) is 12.0. The van der Waals surface area contributed by atoms with Gasteiger partial charge in [0.05, 0.1) is 23.8 Å². The van der Waals surface area contributed by atoms with Crippen molar-refractivity contribution in [3.63, 3.8) is 0 Å². The first-order valence-corrected chi connectivity index (χ1v) is 9.77. The first-order chi connectivity index (χ1) is 13.6. The molecule has 3 aromatic heterocycles. The van der Waals surface area contributed by atoms with E-state index in [-0.39, 0.29) is 23.9 Å². The molecule has 0 aliphatic carbocycles. The number of carbonyl (C=O) groups excluding carboxylic acids is 1. The Balaban J connectivity index is 1.78. The fourth-order valence-electron chi connectivity index (χ4n) is 3.13. The molecule has 0 unspecified atom stereocenters. The molecule has 29 heavy (non-hydrogen) atoms. The van der Waals surface area contributed by atoms with E-state index in [1.165, 1.54) is 6.20 Å². The molecule has 0 atom stereocenters. The molecule has 0 spiro atoms. The monoisotopic (exact) mass is 412 g/mol. The lowest BCUT2D eigenvalue weighted by Gasteiger charge is -2.20. The van der Waals surface area contributed by atoms with Crippen molar-refractivity contribution in [3.05, 3.63) is 46.4 Å². The first kappa shape index (κ1) is 20.7. The molecular weight excluding hydrogens is 388 g/mol. The van der Waals surface area contributed by atoms with E-state index in [4.69, 9.17) is 17.3 Å². The molecule has 3 rings (SSSR count). The SMILES string of the molecule is CC(C)c1c(C#CCNC(=O)c2cnn(C(C)(C)C)c2N)nn2c(Cl)cccc12. The summed E-state index contributed by atoms with van der Waals surface area (Å²) in [6.07, 6.45) is 1.48. The molecule has 0 aromatic carbocycles. The maximum atomic E-state index is 12.4. The number of anilines is 1. The van der Waals surface area contributed by atoms with Gasteiger partial charge in [0.2, 0.25) is 0 Å². The van der Waals surface area contributed by atoms with Crippen LogP contribution in [-0.2, 0) is 5.54 Å². The molecule has 0 aliphatic heterocycles. The van der Waals surface area contributed by atoms with Gasteiger partial charge >= 0.3 is 0 Å². The highest BCUT2D eigenvalue weighted by molar-refractivity contribution is 6.29. The Bertz CT molecular complexity index is 1120. The van der Waals surface area contributed by atoms with Gasteiger partial charge in [-0.15, -0.1) is 0 Å². The van der Waals surface area contributed by atoms with Gasteiger partial charge in [-0.3, -0.25) is 4.79 Å². The van der Waals surface area contributed by atoms with Gasteiger partial charge in [0, 0.05) is 5.56 Å². The molecule has 0 bridgehead atoms. The highest BCUT2D eigenvalue weighted by Gasteiger charge is 2.22. The third-order valence-corrected chi connectivity index (χ3v) is 4.74. The smallest absolute Gasteiger partial charge is 0.257 e. The third kappa shape index (κ3) is 4.08. The van der Waals surface area contributed by atoms with Gasteiger partial charge < -0.3 is 11.1 Å². The number of pyridine rings is 1. The molecule has 1 amide bonds. The van der Waals surface area contributed by atoms with E-state index < -0.39 is 0 Å². The number of carbonyl (C=O) groups is 1. The maximum absolute atomic E-state index is 12.4. The van der Waals surface area contributed by atoms with E-state index in [1.807, 2.05) is 32.9 Å². The number of hydrogen-bond donors (Lipinski definition) is 2. The van der Waals surface area contributed by atoms with Gasteiger partial charge in [-0.05, 0) is 44.7 Å². The van der Waals surface area contributed by atoms with E-state index in [9.17, 15) is 4.79 Å². The quantitative estimate of drug-likeness (QED) is 0.509. The number of nitrogens with two attached hydrogens (primary N) is 1. The van der Waals surface area contributed by atoms with Crippen LogP contribution in [0.2, 0.25) is 5.15 Å². The lowest BCUT2D eigenvalue weighted by molar-refractivity contribution is 0.0959. The van der Waals surface area contributed by atoms with Gasteiger partial charge in [-0.2, -0.15) is 10.2 Å². The topological polar surface area (TPSA) is 90.2 Å². The standard InChI is InChI=1S/C21H25ClN6O/c1-13(2)18-15(26-27-16(18)9-6-10-17(27)22)8-7-11-24-20(29)14-12-25-28(19(14)23)21(3,4)5/h6,9-10,12-13H,11,23H2,1-5H3,(H,24,29). The third-order valence-electron chi connectivity index (χ3n) is 4.46. The Kier molecular flexibility index (Phi) is 5.58. The van der Waals surface area contributed by atoms with Crippen molar-refractivity contribution in [2.75, 3.05) is 12.3 Å². The molecule has 7 nitrogen and oxygen atoms in total. The lowest BCUT2D eigenvalue weighted by Crippen LogP contribution is -2.27. The summed E-state index contributed by atoms with van der Waals surface area (Å²) in [6, 6.07) is 5.65. The first-order valence-electron chi connectivity index (χ1n) is 9.39. The molecule has 3 heterocycles. The Labute approximate surface area is 175 Å². The zero-order valence-corrected chi connectivity index (χ0v) is 18.0. The van der Waals surface area contributed by atoms with E-state index >= 15 is 0 Å². The fourth-order valence-corrected chi connectivity index (χ4v) is 3.33. The number of nitrogens with one attached hydrogen (secondary N) is 1. The van der Waals surface area contributed by atoms with E-state index in [0.29, 0.717) is 22.2 Å². The normalized spacial score (nSPS) is 11.6. The average Bonchev–Trinajstić information content (AvgIpc) is 3.19. The second-order valence-corrected chi connectivity index (χ2v) is 8.46. The second-order valence-electron chi connectivity index (χ2n) is 8.07. The van der Waals surface area contributed by atoms with E-state index in [0.717, 1.165) is 11.1 Å². The van der Waals surface area contributed by atoms with Crippen LogP contribution in [0.4, 0.5) is 5.82 Å². The number of fused-ring (bicyclic) bond motifs is 1. The number of nitrogens with zero attached hydrogens (tertiary/aromatic N) is 4. The number of amides is 1. The van der Waals surface area contributed by atoms with Crippen molar-refractivity contribution in [3.8, 4) is 11.8 Å². The van der Waals surface area contributed by atoms with Crippen LogP contribution in [0.25, 0.3) is 5.52 Å². The highest BCUT2D eigenvalue weighted by Crippen LogP contribution is 2.26. The average molecular weight is 413 g/mol. The number of rotatable bonds is 3. The van der Waals surface area contributed by atoms with Crippen molar-refractivity contribution in [2.45, 2.75) is 46.1 Å². The predicted molar refractivity (Wildman–Crippen MR) is 115 cm³/mol. The molecule has 0 saturated heterocycles. The van der Waals surface area contributed by atoms with Crippen LogP contribution in [-0.4, -0.2) is 31.8 Å². The molecular formula is C21H25ClN6O. The summed E-state index contributed by atoms with van der Waals surface area (Å²) in [4.78, 5) is 12.4. The summed E-state index contributed by atoms with van der Waals surface area (Å²) in [5.41, 5.74) is 8.72. The largest absolute Gasteiger partial charge is 0.383 e. The summed E-state index contributed by atoms with van der Waals surface area (Å²) in [6.45, 7) is 10.2. The van der Waals surface area contributed by atoms with Crippen LogP contribution in [0.5, 0.6) is 0 Å². The van der Waals surface area contributed by atoms with E-state index in [2.05, 4.69) is 41.2 Å². The molecule has 152 valence electrons. The molecule has 0 radical (unpaired) electrons. The zero-order valence-electron chi connectivity index (χ0n) is 17.2. The minimum Gasteiger partial charge on any atom is -0.383 e. The fraction of sp³-hybridized carbons (Fsp3) is 0.381. The van der Waals surface area contributed by atoms with Gasteiger partial charge in [0.25, 0.3) is 5.91 Å². The molecule has 0 aliphatic rings. The molecule has 0 fully saturated rings. The van der Waals surface area contributed by atoms with Gasteiger partial charge in [0.15, 0.2) is 0 Å². The summed E-state index contributed by atoms with van der Waals surface area (Å²) in [7, 11) is 0. The number of halogens is 1.